The van der Waals surface area contributed by atoms with Crippen LogP contribution in [0.2, 0.25) is 0 Å². The number of nitrogens with zero attached hydrogens (tertiary/aromatic N) is 1. The van der Waals surface area contributed by atoms with Gasteiger partial charge in [0.05, 0.1) is 0 Å². The smallest absolute Gasteiger partial charge is 0.410 e. The van der Waals surface area contributed by atoms with Gasteiger partial charge in [0.2, 0.25) is 5.91 Å². The molecule has 1 N–H and O–H groups in total. The monoisotopic (exact) mass is 426 g/mol. The van der Waals surface area contributed by atoms with Crippen molar-refractivity contribution >= 4 is 17.7 Å². The number of ether oxygens (including phenoxy) is 1. The maximum absolute atomic E-state index is 13.0. The van der Waals surface area contributed by atoms with Crippen LogP contribution in [0.3, 0.4) is 0 Å². The SMILES string of the molecule is Cc1ccc(NC(=O)[C@H]2CCCN2C(=O)OCC2c3ccccc3-c3ccccc32)cc1. The van der Waals surface area contributed by atoms with Crippen LogP contribution in [0.4, 0.5) is 10.5 Å². The molecule has 1 saturated heterocycles. The second kappa shape index (κ2) is 8.50. The minimum absolute atomic E-state index is 0.00814. The first-order chi connectivity index (χ1) is 15.6. The minimum atomic E-state index is -0.507. The molecule has 0 bridgehead atoms. The van der Waals surface area contributed by atoms with Crippen molar-refractivity contribution in [2.24, 2.45) is 0 Å². The van der Waals surface area contributed by atoms with Crippen molar-refractivity contribution in [3.8, 4) is 11.1 Å². The van der Waals surface area contributed by atoms with E-state index in [-0.39, 0.29) is 18.4 Å². The maximum Gasteiger partial charge on any atom is 0.410 e. The van der Waals surface area contributed by atoms with Gasteiger partial charge in [-0.15, -0.1) is 0 Å². The molecule has 5 nitrogen and oxygen atoms in total. The Labute approximate surface area is 188 Å². The number of carbonyl (C=O) groups excluding carboxylic acids is 2. The Kier molecular flexibility index (Phi) is 5.39. The second-order valence-corrected chi connectivity index (χ2v) is 8.51. The Balaban J connectivity index is 1.27. The molecule has 2 aliphatic rings. The lowest BCUT2D eigenvalue weighted by Gasteiger charge is -2.24. The highest BCUT2D eigenvalue weighted by Gasteiger charge is 2.36. The normalized spacial score (nSPS) is 17.0. The van der Waals surface area contributed by atoms with E-state index in [2.05, 4.69) is 29.6 Å². The molecule has 0 unspecified atom stereocenters. The molecule has 32 heavy (non-hydrogen) atoms. The Hall–Kier alpha value is -3.60. The average Bonchev–Trinajstić information content (AvgIpc) is 3.43. The first kappa shape index (κ1) is 20.3. The molecule has 0 saturated carbocycles. The lowest BCUT2D eigenvalue weighted by Crippen LogP contribution is -2.43. The van der Waals surface area contributed by atoms with Crippen LogP contribution in [0, 0.1) is 6.92 Å². The Morgan fingerprint density at radius 2 is 1.56 bits per heavy atom. The zero-order chi connectivity index (χ0) is 22.1. The first-order valence-electron chi connectivity index (χ1n) is 11.1. The van der Waals surface area contributed by atoms with Crippen LogP contribution < -0.4 is 5.32 Å². The number of rotatable bonds is 4. The van der Waals surface area contributed by atoms with Crippen molar-refractivity contribution in [2.45, 2.75) is 31.7 Å². The van der Waals surface area contributed by atoms with Crippen LogP contribution >= 0.6 is 0 Å². The number of anilines is 1. The summed E-state index contributed by atoms with van der Waals surface area (Å²) >= 11 is 0. The quantitative estimate of drug-likeness (QED) is 0.612. The summed E-state index contributed by atoms with van der Waals surface area (Å²) in [4.78, 5) is 27.4. The molecule has 1 atom stereocenters. The fourth-order valence-electron chi connectivity index (χ4n) is 4.80. The van der Waals surface area contributed by atoms with Gasteiger partial charge >= 0.3 is 6.09 Å². The minimum Gasteiger partial charge on any atom is -0.448 e. The summed E-state index contributed by atoms with van der Waals surface area (Å²) in [6.07, 6.45) is 1.01. The highest BCUT2D eigenvalue weighted by molar-refractivity contribution is 5.96. The summed E-state index contributed by atoms with van der Waals surface area (Å²) in [6, 6.07) is 23.7. The van der Waals surface area contributed by atoms with E-state index >= 15 is 0 Å². The van der Waals surface area contributed by atoms with Crippen molar-refractivity contribution in [3.05, 3.63) is 89.5 Å². The van der Waals surface area contributed by atoms with E-state index in [4.69, 9.17) is 4.74 Å². The highest BCUT2D eigenvalue weighted by atomic mass is 16.6. The van der Waals surface area contributed by atoms with Crippen molar-refractivity contribution < 1.29 is 14.3 Å². The second-order valence-electron chi connectivity index (χ2n) is 8.51. The summed E-state index contributed by atoms with van der Waals surface area (Å²) in [7, 11) is 0. The van der Waals surface area contributed by atoms with Gasteiger partial charge in [0.15, 0.2) is 0 Å². The number of likely N-dealkylation sites (tertiary alicyclic amines) is 1. The van der Waals surface area contributed by atoms with E-state index in [1.165, 1.54) is 22.3 Å². The van der Waals surface area contributed by atoms with Gasteiger partial charge in [-0.1, -0.05) is 66.2 Å². The number of nitrogens with one attached hydrogen (secondary N) is 1. The third kappa shape index (κ3) is 3.75. The molecule has 1 aliphatic heterocycles. The summed E-state index contributed by atoms with van der Waals surface area (Å²) < 4.78 is 5.78. The summed E-state index contributed by atoms with van der Waals surface area (Å²) in [6.45, 7) is 2.79. The van der Waals surface area contributed by atoms with Gasteiger partial charge in [-0.2, -0.15) is 0 Å². The van der Waals surface area contributed by atoms with E-state index in [0.717, 1.165) is 17.7 Å². The standard InChI is InChI=1S/C27H26N2O3/c1-18-12-14-19(15-13-18)28-26(30)25-11-6-16-29(25)27(31)32-17-24-22-9-4-2-7-20(22)21-8-3-5-10-23(21)24/h2-5,7-10,12-15,24-25H,6,11,16-17H2,1H3,(H,28,30)/t25-/m1/s1. The van der Waals surface area contributed by atoms with Crippen LogP contribution in [0.5, 0.6) is 0 Å². The maximum atomic E-state index is 13.0. The lowest BCUT2D eigenvalue weighted by atomic mass is 9.98. The van der Waals surface area contributed by atoms with Crippen LogP contribution in [-0.2, 0) is 9.53 Å². The molecule has 1 aliphatic carbocycles. The molecule has 5 heteroatoms. The molecule has 0 spiro atoms. The fourth-order valence-corrected chi connectivity index (χ4v) is 4.80. The van der Waals surface area contributed by atoms with Gasteiger partial charge in [-0.25, -0.2) is 4.79 Å². The first-order valence-corrected chi connectivity index (χ1v) is 11.1. The van der Waals surface area contributed by atoms with E-state index in [9.17, 15) is 9.59 Å². The zero-order valence-corrected chi connectivity index (χ0v) is 18.1. The topological polar surface area (TPSA) is 58.6 Å². The molecule has 1 fully saturated rings. The molecule has 0 radical (unpaired) electrons. The number of hydrogen-bond donors (Lipinski definition) is 1. The molecule has 3 aromatic rings. The van der Waals surface area contributed by atoms with E-state index in [1.54, 1.807) is 4.90 Å². The molecule has 2 amide bonds. The predicted octanol–water partition coefficient (Wildman–Crippen LogP) is 5.35. The number of fused-ring (bicyclic) bond motifs is 3. The van der Waals surface area contributed by atoms with Crippen molar-refractivity contribution in [2.75, 3.05) is 18.5 Å². The highest BCUT2D eigenvalue weighted by Crippen LogP contribution is 2.44. The number of aryl methyl sites for hydroxylation is 1. The average molecular weight is 427 g/mol. The largest absolute Gasteiger partial charge is 0.448 e. The number of carbonyl (C=O) groups is 2. The van der Waals surface area contributed by atoms with Gasteiger partial charge in [0, 0.05) is 18.2 Å². The van der Waals surface area contributed by atoms with Gasteiger partial charge in [0.1, 0.15) is 12.6 Å². The van der Waals surface area contributed by atoms with Gasteiger partial charge in [0.25, 0.3) is 0 Å². The third-order valence-corrected chi connectivity index (χ3v) is 6.45. The molecular weight excluding hydrogens is 400 g/mol. The Morgan fingerprint density at radius 1 is 0.938 bits per heavy atom. The van der Waals surface area contributed by atoms with Crippen LogP contribution in [0.25, 0.3) is 11.1 Å². The van der Waals surface area contributed by atoms with Crippen LogP contribution in [-0.4, -0.2) is 36.1 Å². The van der Waals surface area contributed by atoms with Crippen molar-refractivity contribution in [1.29, 1.82) is 0 Å². The molecule has 3 aromatic carbocycles. The van der Waals surface area contributed by atoms with E-state index < -0.39 is 12.1 Å². The van der Waals surface area contributed by atoms with Gasteiger partial charge in [-0.3, -0.25) is 9.69 Å². The summed E-state index contributed by atoms with van der Waals surface area (Å²) in [5.41, 5.74) is 6.61. The van der Waals surface area contributed by atoms with E-state index in [0.29, 0.717) is 13.0 Å². The Bertz CT molecular complexity index is 1110. The number of benzene rings is 3. The number of hydrogen-bond acceptors (Lipinski definition) is 3. The summed E-state index contributed by atoms with van der Waals surface area (Å²) in [5.74, 6) is -0.159. The Morgan fingerprint density at radius 3 is 2.22 bits per heavy atom. The van der Waals surface area contributed by atoms with Crippen molar-refractivity contribution in [3.63, 3.8) is 0 Å². The molecular formula is C27H26N2O3. The zero-order valence-electron chi connectivity index (χ0n) is 18.1. The molecule has 5 rings (SSSR count). The lowest BCUT2D eigenvalue weighted by molar-refractivity contribution is -0.120. The molecule has 1 heterocycles. The van der Waals surface area contributed by atoms with E-state index in [1.807, 2.05) is 55.5 Å². The van der Waals surface area contributed by atoms with Crippen molar-refractivity contribution in [1.82, 2.24) is 4.90 Å². The fraction of sp³-hybridized carbons (Fsp3) is 0.259. The molecule has 0 aromatic heterocycles. The van der Waals surface area contributed by atoms with Gasteiger partial charge in [-0.05, 0) is 54.2 Å². The van der Waals surface area contributed by atoms with Crippen LogP contribution in [0.1, 0.15) is 35.4 Å². The van der Waals surface area contributed by atoms with Gasteiger partial charge < -0.3 is 10.1 Å². The number of amides is 2. The van der Waals surface area contributed by atoms with Crippen LogP contribution in [0.15, 0.2) is 72.8 Å². The predicted molar refractivity (Wildman–Crippen MR) is 125 cm³/mol. The third-order valence-electron chi connectivity index (χ3n) is 6.45. The molecule has 162 valence electrons. The summed E-state index contributed by atoms with van der Waals surface area (Å²) in [5, 5.41) is 2.93.